The van der Waals surface area contributed by atoms with Gasteiger partial charge in [-0.1, -0.05) is 27.9 Å². The Morgan fingerprint density at radius 3 is 2.40 bits per heavy atom. The van der Waals surface area contributed by atoms with E-state index in [4.69, 9.17) is 5.21 Å². The van der Waals surface area contributed by atoms with Crippen molar-refractivity contribution in [2.45, 2.75) is 28.2 Å². The van der Waals surface area contributed by atoms with Gasteiger partial charge in [0.15, 0.2) is 0 Å². The molecule has 0 saturated heterocycles. The van der Waals surface area contributed by atoms with E-state index in [0.29, 0.717) is 0 Å². The summed E-state index contributed by atoms with van der Waals surface area (Å²) in [7, 11) is 0. The maximum atomic E-state index is 10.1. The Bertz CT molecular complexity index is 99.8. The second-order valence-corrected chi connectivity index (χ2v) is 1.29. The molecule has 2 N–H and O–H groups in total. The first-order valence-corrected chi connectivity index (χ1v) is 2.42. The minimum absolute atomic E-state index is 0. The van der Waals surface area contributed by atoms with E-state index in [0.717, 1.165) is 6.42 Å². The normalized spacial score (nSPS) is 7.80. The van der Waals surface area contributed by atoms with Crippen LogP contribution in [0.1, 0.15) is 28.2 Å². The molecule has 0 aromatic rings. The van der Waals surface area contributed by atoms with Gasteiger partial charge in [-0.2, -0.15) is 0 Å². The smallest absolute Gasteiger partial charge is 0.267 e. The minimum atomic E-state index is -0.480. The molecule has 0 heterocycles. The average Bonchev–Trinajstić information content (AvgIpc) is 1.83. The molecule has 0 spiro atoms. The maximum Gasteiger partial charge on any atom is 0.267 e. The Labute approximate surface area is 62.7 Å². The molecule has 0 bridgehead atoms. The number of carbonyl (C=O) groups is 1. The molecule has 10 heavy (non-hydrogen) atoms. The van der Waals surface area contributed by atoms with Gasteiger partial charge in [-0.15, -0.1) is 0 Å². The SMILES string of the molecule is C.C.CCC=CC(=O)NO. The van der Waals surface area contributed by atoms with Crippen LogP contribution >= 0.6 is 0 Å². The molecule has 0 atom stereocenters. The fourth-order valence-electron chi connectivity index (χ4n) is 0.262. The highest BCUT2D eigenvalue weighted by Crippen LogP contribution is 1.77. The van der Waals surface area contributed by atoms with Crippen LogP contribution in [0.5, 0.6) is 0 Å². The quantitative estimate of drug-likeness (QED) is 0.355. The van der Waals surface area contributed by atoms with E-state index < -0.39 is 5.91 Å². The van der Waals surface area contributed by atoms with Gasteiger partial charge in [-0.3, -0.25) is 10.0 Å². The van der Waals surface area contributed by atoms with Gasteiger partial charge in [0.25, 0.3) is 5.91 Å². The molecule has 0 saturated carbocycles. The summed E-state index contributed by atoms with van der Waals surface area (Å²) in [5, 5.41) is 7.91. The second-order valence-electron chi connectivity index (χ2n) is 1.29. The lowest BCUT2D eigenvalue weighted by Crippen LogP contribution is -2.14. The van der Waals surface area contributed by atoms with E-state index in [2.05, 4.69) is 0 Å². The van der Waals surface area contributed by atoms with Gasteiger partial charge in [0.2, 0.25) is 0 Å². The first kappa shape index (κ1) is 16.1. The van der Waals surface area contributed by atoms with Crippen LogP contribution in [0.2, 0.25) is 0 Å². The van der Waals surface area contributed by atoms with Gasteiger partial charge in [0.1, 0.15) is 0 Å². The molecule has 0 aromatic carbocycles. The molecule has 0 aliphatic carbocycles. The number of hydrogen-bond acceptors (Lipinski definition) is 2. The van der Waals surface area contributed by atoms with Crippen molar-refractivity contribution in [3.8, 4) is 0 Å². The summed E-state index contributed by atoms with van der Waals surface area (Å²) in [4.78, 5) is 10.1. The first-order valence-electron chi connectivity index (χ1n) is 2.42. The van der Waals surface area contributed by atoms with E-state index in [9.17, 15) is 4.79 Å². The van der Waals surface area contributed by atoms with Crippen LogP contribution in [0, 0.1) is 0 Å². The van der Waals surface area contributed by atoms with E-state index in [-0.39, 0.29) is 14.9 Å². The predicted octanol–water partition coefficient (Wildman–Crippen LogP) is 1.73. The van der Waals surface area contributed by atoms with E-state index in [1.165, 1.54) is 11.6 Å². The third kappa shape index (κ3) is 10.2. The lowest BCUT2D eigenvalue weighted by molar-refractivity contribution is -0.124. The molecule has 0 rings (SSSR count). The van der Waals surface area contributed by atoms with Crippen molar-refractivity contribution < 1.29 is 10.0 Å². The molecule has 62 valence electrons. The molecule has 0 unspecified atom stereocenters. The van der Waals surface area contributed by atoms with Gasteiger partial charge < -0.3 is 0 Å². The molecule has 0 radical (unpaired) electrons. The number of carbonyl (C=O) groups excluding carboxylic acids is 1. The zero-order chi connectivity index (χ0) is 6.41. The molecule has 3 heteroatoms. The third-order valence-corrected chi connectivity index (χ3v) is 0.615. The number of hydrogen-bond donors (Lipinski definition) is 2. The van der Waals surface area contributed by atoms with Crippen molar-refractivity contribution in [2.75, 3.05) is 0 Å². The van der Waals surface area contributed by atoms with Crippen LogP contribution in [-0.4, -0.2) is 11.1 Å². The van der Waals surface area contributed by atoms with Crippen molar-refractivity contribution in [1.82, 2.24) is 5.48 Å². The predicted molar refractivity (Wildman–Crippen MR) is 42.8 cm³/mol. The summed E-state index contributed by atoms with van der Waals surface area (Å²) in [6.45, 7) is 1.90. The van der Waals surface area contributed by atoms with Crippen LogP contribution < -0.4 is 5.48 Å². The van der Waals surface area contributed by atoms with E-state index in [1.54, 1.807) is 6.08 Å². The van der Waals surface area contributed by atoms with Crippen LogP contribution in [0.4, 0.5) is 0 Å². The van der Waals surface area contributed by atoms with E-state index in [1.807, 2.05) is 6.92 Å². The number of hydroxylamine groups is 1. The number of rotatable bonds is 2. The van der Waals surface area contributed by atoms with Crippen LogP contribution in [0.3, 0.4) is 0 Å². The maximum absolute atomic E-state index is 10.1. The molecule has 0 aliphatic rings. The number of amides is 1. The Balaban J connectivity index is -0.000000245. The second kappa shape index (κ2) is 11.0. The third-order valence-electron chi connectivity index (χ3n) is 0.615. The Kier molecular flexibility index (Phi) is 17.7. The molecule has 0 fully saturated rings. The first-order chi connectivity index (χ1) is 3.81. The highest BCUT2D eigenvalue weighted by molar-refractivity contribution is 5.86. The fraction of sp³-hybridized carbons (Fsp3) is 0.571. The van der Waals surface area contributed by atoms with Gasteiger partial charge in [-0.05, 0) is 6.42 Å². The van der Waals surface area contributed by atoms with Gasteiger partial charge in [0.05, 0.1) is 0 Å². The highest BCUT2D eigenvalue weighted by Gasteiger charge is 1.84. The van der Waals surface area contributed by atoms with Gasteiger partial charge in [0, 0.05) is 6.08 Å². The zero-order valence-electron chi connectivity index (χ0n) is 4.72. The summed E-state index contributed by atoms with van der Waals surface area (Å²) in [6.07, 6.45) is 3.74. The van der Waals surface area contributed by atoms with Crippen molar-refractivity contribution >= 4 is 5.91 Å². The van der Waals surface area contributed by atoms with Crippen LogP contribution in [-0.2, 0) is 4.79 Å². The van der Waals surface area contributed by atoms with Crippen molar-refractivity contribution in [3.05, 3.63) is 12.2 Å². The summed E-state index contributed by atoms with van der Waals surface area (Å²) >= 11 is 0. The molecule has 0 aromatic heterocycles. The fourth-order valence-corrected chi connectivity index (χ4v) is 0.262. The summed E-state index contributed by atoms with van der Waals surface area (Å²) in [6, 6.07) is 0. The lowest BCUT2D eigenvalue weighted by atomic mass is 10.4. The number of allylic oxidation sites excluding steroid dienone is 1. The van der Waals surface area contributed by atoms with Crippen LogP contribution in [0.15, 0.2) is 12.2 Å². The Morgan fingerprint density at radius 1 is 1.60 bits per heavy atom. The van der Waals surface area contributed by atoms with Gasteiger partial charge in [-0.25, -0.2) is 5.48 Å². The Morgan fingerprint density at radius 2 is 2.10 bits per heavy atom. The lowest BCUT2D eigenvalue weighted by Gasteiger charge is -1.84. The van der Waals surface area contributed by atoms with E-state index >= 15 is 0 Å². The molecular weight excluding hydrogens is 130 g/mol. The zero-order valence-corrected chi connectivity index (χ0v) is 4.72. The standard InChI is InChI=1S/C5H9NO2.2CH4/c1-2-3-4-5(7)6-8;;/h3-4,8H,2H2,1H3,(H,6,7);2*1H4. The summed E-state index contributed by atoms with van der Waals surface area (Å²) in [5.41, 5.74) is 1.47. The van der Waals surface area contributed by atoms with Gasteiger partial charge >= 0.3 is 0 Å². The van der Waals surface area contributed by atoms with Crippen molar-refractivity contribution in [1.29, 1.82) is 0 Å². The minimum Gasteiger partial charge on any atom is -0.288 e. The van der Waals surface area contributed by atoms with Crippen molar-refractivity contribution in [2.24, 2.45) is 0 Å². The average molecular weight is 147 g/mol. The largest absolute Gasteiger partial charge is 0.288 e. The summed E-state index contributed by atoms with van der Waals surface area (Å²) in [5.74, 6) is -0.480. The topological polar surface area (TPSA) is 49.3 Å². The molecule has 0 aliphatic heterocycles. The molecule has 3 nitrogen and oxygen atoms in total. The Hall–Kier alpha value is -0.830. The van der Waals surface area contributed by atoms with Crippen LogP contribution in [0.25, 0.3) is 0 Å². The monoisotopic (exact) mass is 147 g/mol. The molecule has 1 amide bonds. The van der Waals surface area contributed by atoms with Crippen molar-refractivity contribution in [3.63, 3.8) is 0 Å². The summed E-state index contributed by atoms with van der Waals surface area (Å²) < 4.78 is 0. The molecular formula is C7H17NO2. The highest BCUT2D eigenvalue weighted by atomic mass is 16.5. The number of nitrogens with one attached hydrogen (secondary N) is 1.